The van der Waals surface area contributed by atoms with Crippen LogP contribution in [0.2, 0.25) is 10.0 Å². The van der Waals surface area contributed by atoms with Crippen LogP contribution in [-0.2, 0) is 0 Å². The second-order valence-corrected chi connectivity index (χ2v) is 8.98. The number of hydrogen-bond acceptors (Lipinski definition) is 7. The molecule has 0 amide bonds. The van der Waals surface area contributed by atoms with Gasteiger partial charge in [0.1, 0.15) is 16.6 Å². The molecule has 0 aliphatic heterocycles. The van der Waals surface area contributed by atoms with E-state index in [0.29, 0.717) is 20.6 Å². The molecule has 0 unspecified atom stereocenters. The van der Waals surface area contributed by atoms with Crippen molar-refractivity contribution in [2.24, 2.45) is 0 Å². The van der Waals surface area contributed by atoms with Crippen molar-refractivity contribution in [1.82, 2.24) is 15.0 Å². The lowest BCUT2D eigenvalue weighted by Gasteiger charge is -2.14. The van der Waals surface area contributed by atoms with Crippen molar-refractivity contribution in [2.75, 3.05) is 18.5 Å². The maximum absolute atomic E-state index is 14.5. The van der Waals surface area contributed by atoms with Crippen LogP contribution in [0.4, 0.5) is 10.1 Å². The minimum atomic E-state index is -0.616. The summed E-state index contributed by atoms with van der Waals surface area (Å²) in [5, 5.41) is 22.6. The van der Waals surface area contributed by atoms with E-state index in [0.717, 1.165) is 11.3 Å². The molecule has 1 atom stereocenters. The van der Waals surface area contributed by atoms with Gasteiger partial charge in [-0.1, -0.05) is 34.5 Å². The fourth-order valence-corrected chi connectivity index (χ4v) is 4.17. The van der Waals surface area contributed by atoms with Gasteiger partial charge >= 0.3 is 0 Å². The number of rotatable bonds is 9. The van der Waals surface area contributed by atoms with Gasteiger partial charge in [-0.25, -0.2) is 9.23 Å². The van der Waals surface area contributed by atoms with E-state index in [2.05, 4.69) is 20.3 Å². The molecule has 0 fully saturated rings. The summed E-state index contributed by atoms with van der Waals surface area (Å²) in [6.07, 6.45) is 0. The number of aliphatic hydroxyl groups excluding tert-OH is 1. The van der Waals surface area contributed by atoms with E-state index >= 15 is 0 Å². The van der Waals surface area contributed by atoms with Crippen LogP contribution in [0.25, 0.3) is 21.1 Å². The lowest BCUT2D eigenvalue weighted by Crippen LogP contribution is -2.32. The van der Waals surface area contributed by atoms with Crippen LogP contribution in [0.15, 0.2) is 30.3 Å². The van der Waals surface area contributed by atoms with Crippen molar-refractivity contribution in [3.05, 3.63) is 46.2 Å². The number of aromatic nitrogens is 2. The first-order chi connectivity index (χ1) is 14.8. The highest BCUT2D eigenvalue weighted by molar-refractivity contribution is 7.18. The van der Waals surface area contributed by atoms with Gasteiger partial charge in [-0.3, -0.25) is 0 Å². The molecule has 3 aromatic rings. The van der Waals surface area contributed by atoms with Crippen LogP contribution >= 0.6 is 46.3 Å². The Morgan fingerprint density at radius 3 is 2.52 bits per heavy atom. The molecule has 0 bridgehead atoms. The largest absolute Gasteiger partial charge is 0.489 e. The van der Waals surface area contributed by atoms with Crippen LogP contribution in [0.3, 0.4) is 0 Å². The molecule has 0 radical (unpaired) electrons. The third-order valence-electron chi connectivity index (χ3n) is 4.15. The topological polar surface area (TPSA) is 79.3 Å². The molecule has 2 aromatic carbocycles. The Bertz CT molecular complexity index is 1050. The van der Waals surface area contributed by atoms with Crippen molar-refractivity contribution in [3.8, 4) is 26.9 Å². The van der Waals surface area contributed by atoms with E-state index in [-0.39, 0.29) is 30.0 Å². The average Bonchev–Trinajstić information content (AvgIpc) is 3.22. The molecule has 0 aliphatic rings. The lowest BCUT2D eigenvalue weighted by molar-refractivity contribution is 0.194. The number of hydrogen-bond donors (Lipinski definition) is 3. The van der Waals surface area contributed by atoms with Crippen molar-refractivity contribution in [1.29, 1.82) is 0 Å². The fraction of sp³-hybridized carbons (Fsp3) is 0.300. The molecule has 6 nitrogen and oxygen atoms in total. The van der Waals surface area contributed by atoms with E-state index in [1.807, 2.05) is 26.0 Å². The van der Waals surface area contributed by atoms with Crippen LogP contribution in [0.5, 0.6) is 5.75 Å². The molecular formula is C20H20Cl3FN4O2S. The Morgan fingerprint density at radius 2 is 1.87 bits per heavy atom. The fourth-order valence-electron chi connectivity index (χ4n) is 2.64. The van der Waals surface area contributed by atoms with Crippen LogP contribution in [-0.4, -0.2) is 40.6 Å². The summed E-state index contributed by atoms with van der Waals surface area (Å²) in [7, 11) is 0. The summed E-state index contributed by atoms with van der Waals surface area (Å²) in [6.45, 7) is 3.77. The second kappa shape index (κ2) is 10.8. The Balaban J connectivity index is 1.82. The summed E-state index contributed by atoms with van der Waals surface area (Å²) in [5.41, 5.74) is 2.02. The predicted octanol–water partition coefficient (Wildman–Crippen LogP) is 5.62. The summed E-state index contributed by atoms with van der Waals surface area (Å²) >= 11 is 19.4. The van der Waals surface area contributed by atoms with Crippen LogP contribution in [0.1, 0.15) is 13.8 Å². The maximum atomic E-state index is 14.5. The highest BCUT2D eigenvalue weighted by Gasteiger charge is 2.17. The highest BCUT2D eigenvalue weighted by atomic mass is 35.5. The minimum Gasteiger partial charge on any atom is -0.489 e. The predicted molar refractivity (Wildman–Crippen MR) is 125 cm³/mol. The van der Waals surface area contributed by atoms with E-state index in [4.69, 9.17) is 44.8 Å². The van der Waals surface area contributed by atoms with Crippen molar-refractivity contribution in [3.63, 3.8) is 0 Å². The van der Waals surface area contributed by atoms with Gasteiger partial charge in [0.15, 0.2) is 11.6 Å². The number of anilines is 1. The Kier molecular flexibility index (Phi) is 8.32. The molecular weight excluding hydrogens is 486 g/mol. The first-order valence-electron chi connectivity index (χ1n) is 9.31. The van der Waals surface area contributed by atoms with Gasteiger partial charge in [-0.2, -0.15) is 0 Å². The van der Waals surface area contributed by atoms with Gasteiger partial charge in [-0.05, 0) is 49.9 Å². The summed E-state index contributed by atoms with van der Waals surface area (Å²) in [5.74, 6) is -0.668. The molecule has 0 spiro atoms. The van der Waals surface area contributed by atoms with Gasteiger partial charge in [0.2, 0.25) is 0 Å². The highest BCUT2D eigenvalue weighted by Crippen LogP contribution is 2.38. The Hall–Kier alpha value is -1.68. The van der Waals surface area contributed by atoms with E-state index in [1.54, 1.807) is 6.07 Å². The Morgan fingerprint density at radius 1 is 1.13 bits per heavy atom. The first-order valence-corrected chi connectivity index (χ1v) is 11.3. The number of halogens is 4. The number of benzene rings is 2. The number of ether oxygens (including phenoxy) is 1. The summed E-state index contributed by atoms with van der Waals surface area (Å²) < 4.78 is 19.9. The maximum Gasteiger partial charge on any atom is 0.165 e. The second-order valence-electron chi connectivity index (χ2n) is 6.97. The molecule has 11 heteroatoms. The monoisotopic (exact) mass is 504 g/mol. The standard InChI is InChI=1S/C20H20Cl3FN4O2S/c1-10(2)25-17-4-3-11(5-15(17)22)19-27-28-20(31-19)13-6-16(24)18(7-14(13)21)30-9-12(8-29)26-23/h3-7,10,12,25-26,29H,8-9H2,1-2H3/t12-/m1/s1. The van der Waals surface area contributed by atoms with E-state index in [9.17, 15) is 4.39 Å². The number of nitrogens with one attached hydrogen (secondary N) is 2. The molecule has 1 aromatic heterocycles. The molecule has 3 rings (SSSR count). The smallest absolute Gasteiger partial charge is 0.165 e. The Labute approximate surface area is 198 Å². The van der Waals surface area contributed by atoms with Crippen molar-refractivity contribution in [2.45, 2.75) is 25.9 Å². The average molecular weight is 506 g/mol. The number of aliphatic hydroxyl groups is 1. The van der Waals surface area contributed by atoms with Crippen molar-refractivity contribution < 1.29 is 14.2 Å². The molecule has 3 N–H and O–H groups in total. The SMILES string of the molecule is CC(C)Nc1ccc(-c2nnc(-c3cc(F)c(OC[C@@H](CO)NCl)cc3Cl)s2)cc1Cl. The van der Waals surface area contributed by atoms with Crippen LogP contribution in [0, 0.1) is 5.82 Å². The first kappa shape index (κ1) is 24.0. The van der Waals surface area contributed by atoms with Gasteiger partial charge < -0.3 is 15.2 Å². The van der Waals surface area contributed by atoms with Gasteiger partial charge in [0.05, 0.1) is 28.4 Å². The molecule has 0 saturated heterocycles. The van der Waals surface area contributed by atoms with Gasteiger partial charge in [0.25, 0.3) is 0 Å². The molecule has 1 heterocycles. The molecule has 31 heavy (non-hydrogen) atoms. The summed E-state index contributed by atoms with van der Waals surface area (Å²) in [4.78, 5) is 2.34. The van der Waals surface area contributed by atoms with Gasteiger partial charge in [-0.15, -0.1) is 10.2 Å². The summed E-state index contributed by atoms with van der Waals surface area (Å²) in [6, 6.07) is 7.89. The third kappa shape index (κ3) is 5.97. The normalized spacial score (nSPS) is 12.3. The zero-order chi connectivity index (χ0) is 22.5. The lowest BCUT2D eigenvalue weighted by atomic mass is 10.2. The number of nitrogens with zero attached hydrogens (tertiary/aromatic N) is 2. The van der Waals surface area contributed by atoms with E-state index in [1.165, 1.54) is 23.5 Å². The van der Waals surface area contributed by atoms with Crippen molar-refractivity contribution >= 4 is 52.0 Å². The zero-order valence-corrected chi connectivity index (χ0v) is 19.7. The van der Waals surface area contributed by atoms with Crippen LogP contribution < -0.4 is 14.9 Å². The molecule has 0 aliphatic carbocycles. The van der Waals surface area contributed by atoms with Gasteiger partial charge in [0, 0.05) is 23.2 Å². The zero-order valence-electron chi connectivity index (χ0n) is 16.6. The molecule has 166 valence electrons. The minimum absolute atomic E-state index is 0.0298. The van der Waals surface area contributed by atoms with E-state index < -0.39 is 11.9 Å². The molecule has 0 saturated carbocycles. The third-order valence-corrected chi connectivity index (χ3v) is 6.09. The quantitative estimate of drug-likeness (QED) is 0.328.